The molecule has 0 bridgehead atoms. The van der Waals surface area contributed by atoms with Crippen LogP contribution in [0, 0.1) is 5.92 Å². The second-order valence-corrected chi connectivity index (χ2v) is 4.14. The minimum atomic E-state index is 0.598. The fourth-order valence-electron chi connectivity index (χ4n) is 1.86. The van der Waals surface area contributed by atoms with Crippen molar-refractivity contribution in [1.82, 2.24) is 4.98 Å². The third kappa shape index (κ3) is 3.40. The number of aromatic nitrogens is 1. The molecule has 0 spiro atoms. The lowest BCUT2D eigenvalue weighted by Gasteiger charge is -2.26. The number of hydrogen-bond acceptors (Lipinski definition) is 3. The van der Waals surface area contributed by atoms with Crippen LogP contribution >= 0.6 is 0 Å². The molecule has 0 fully saturated rings. The van der Waals surface area contributed by atoms with Gasteiger partial charge in [-0.2, -0.15) is 0 Å². The molecule has 2 N–H and O–H groups in total. The molecule has 1 rings (SSSR count). The summed E-state index contributed by atoms with van der Waals surface area (Å²) in [5, 5.41) is 0. The van der Waals surface area contributed by atoms with Gasteiger partial charge in [0, 0.05) is 13.1 Å². The van der Waals surface area contributed by atoms with Gasteiger partial charge in [0.15, 0.2) is 0 Å². The third-order valence-corrected chi connectivity index (χ3v) is 3.09. The Balaban J connectivity index is 2.74. The van der Waals surface area contributed by atoms with Crippen molar-refractivity contribution in [3.05, 3.63) is 18.2 Å². The van der Waals surface area contributed by atoms with Crippen molar-refractivity contribution >= 4 is 11.6 Å². The molecular weight excluding hydrogens is 198 g/mol. The van der Waals surface area contributed by atoms with Crippen LogP contribution in [-0.2, 0) is 0 Å². The summed E-state index contributed by atoms with van der Waals surface area (Å²) < 4.78 is 0. The van der Waals surface area contributed by atoms with Crippen LogP contribution in [0.5, 0.6) is 0 Å². The van der Waals surface area contributed by atoms with E-state index < -0.39 is 0 Å². The van der Waals surface area contributed by atoms with Crippen LogP contribution in [0.1, 0.15) is 33.6 Å². The van der Waals surface area contributed by atoms with E-state index in [1.54, 1.807) is 0 Å². The van der Waals surface area contributed by atoms with E-state index >= 15 is 0 Å². The molecule has 16 heavy (non-hydrogen) atoms. The van der Waals surface area contributed by atoms with Gasteiger partial charge in [0.1, 0.15) is 11.6 Å². The van der Waals surface area contributed by atoms with Gasteiger partial charge in [0.2, 0.25) is 0 Å². The standard InChI is InChI=1S/C13H23N3/c1-4-11(5-2)10-16(6-3)13-9-7-8-12(14)15-13/h7-9,11H,4-6,10H2,1-3H3,(H2,14,15). The highest BCUT2D eigenvalue weighted by Gasteiger charge is 2.11. The summed E-state index contributed by atoms with van der Waals surface area (Å²) in [5.74, 6) is 2.33. The third-order valence-electron chi connectivity index (χ3n) is 3.09. The van der Waals surface area contributed by atoms with Gasteiger partial charge in [-0.15, -0.1) is 0 Å². The predicted octanol–water partition coefficient (Wildman–Crippen LogP) is 2.93. The number of nitrogen functional groups attached to an aromatic ring is 1. The highest BCUT2D eigenvalue weighted by Crippen LogP contribution is 2.17. The quantitative estimate of drug-likeness (QED) is 0.803. The summed E-state index contributed by atoms with van der Waals surface area (Å²) in [6.07, 6.45) is 2.44. The van der Waals surface area contributed by atoms with Crippen LogP contribution in [0.2, 0.25) is 0 Å². The first-order chi connectivity index (χ1) is 7.71. The van der Waals surface area contributed by atoms with Crippen molar-refractivity contribution in [1.29, 1.82) is 0 Å². The van der Waals surface area contributed by atoms with Crippen molar-refractivity contribution in [2.24, 2.45) is 5.92 Å². The van der Waals surface area contributed by atoms with Gasteiger partial charge >= 0.3 is 0 Å². The average molecular weight is 221 g/mol. The van der Waals surface area contributed by atoms with Crippen LogP contribution in [0.4, 0.5) is 11.6 Å². The van der Waals surface area contributed by atoms with E-state index in [-0.39, 0.29) is 0 Å². The normalized spacial score (nSPS) is 10.8. The van der Waals surface area contributed by atoms with Crippen LogP contribution in [0.3, 0.4) is 0 Å². The summed E-state index contributed by atoms with van der Waals surface area (Å²) in [7, 11) is 0. The highest BCUT2D eigenvalue weighted by atomic mass is 15.2. The van der Waals surface area contributed by atoms with Crippen molar-refractivity contribution in [3.63, 3.8) is 0 Å². The van der Waals surface area contributed by atoms with Crippen LogP contribution in [0.25, 0.3) is 0 Å². The Labute approximate surface area is 98.7 Å². The SMILES string of the molecule is CCC(CC)CN(CC)c1cccc(N)n1. The minimum absolute atomic E-state index is 0.598. The number of nitrogens with two attached hydrogens (primary N) is 1. The monoisotopic (exact) mass is 221 g/mol. The zero-order chi connectivity index (χ0) is 12.0. The van der Waals surface area contributed by atoms with Crippen molar-refractivity contribution in [2.75, 3.05) is 23.7 Å². The predicted molar refractivity (Wildman–Crippen MR) is 70.6 cm³/mol. The molecule has 0 saturated carbocycles. The molecule has 0 amide bonds. The van der Waals surface area contributed by atoms with Crippen molar-refractivity contribution < 1.29 is 0 Å². The molecule has 0 aliphatic rings. The molecule has 90 valence electrons. The van der Waals surface area contributed by atoms with Gasteiger partial charge in [-0.25, -0.2) is 4.98 Å². The molecule has 0 aromatic carbocycles. The molecule has 3 heteroatoms. The van der Waals surface area contributed by atoms with E-state index in [9.17, 15) is 0 Å². The number of pyridine rings is 1. The van der Waals surface area contributed by atoms with Gasteiger partial charge in [-0.05, 0) is 25.0 Å². The van der Waals surface area contributed by atoms with Gasteiger partial charge in [0.05, 0.1) is 0 Å². The van der Waals surface area contributed by atoms with Crippen LogP contribution in [0.15, 0.2) is 18.2 Å². The molecule has 0 aliphatic carbocycles. The number of anilines is 2. The van der Waals surface area contributed by atoms with Crippen molar-refractivity contribution in [2.45, 2.75) is 33.6 Å². The van der Waals surface area contributed by atoms with E-state index in [1.165, 1.54) is 12.8 Å². The lowest BCUT2D eigenvalue weighted by atomic mass is 10.0. The maximum absolute atomic E-state index is 5.71. The Hall–Kier alpha value is -1.25. The lowest BCUT2D eigenvalue weighted by molar-refractivity contribution is 0.484. The van der Waals surface area contributed by atoms with E-state index in [2.05, 4.69) is 30.7 Å². The first-order valence-corrected chi connectivity index (χ1v) is 6.18. The maximum Gasteiger partial charge on any atom is 0.130 e. The summed E-state index contributed by atoms with van der Waals surface area (Å²) in [6.45, 7) is 8.70. The smallest absolute Gasteiger partial charge is 0.130 e. The first kappa shape index (κ1) is 12.8. The van der Waals surface area contributed by atoms with Crippen molar-refractivity contribution in [3.8, 4) is 0 Å². The fraction of sp³-hybridized carbons (Fsp3) is 0.615. The zero-order valence-corrected chi connectivity index (χ0v) is 10.6. The summed E-state index contributed by atoms with van der Waals surface area (Å²) in [6, 6.07) is 5.82. The number of rotatable bonds is 6. The molecule has 0 radical (unpaired) electrons. The molecule has 0 unspecified atom stereocenters. The van der Waals surface area contributed by atoms with Gasteiger partial charge in [-0.3, -0.25) is 0 Å². The molecule has 1 aromatic heterocycles. The molecule has 1 heterocycles. The zero-order valence-electron chi connectivity index (χ0n) is 10.6. The highest BCUT2D eigenvalue weighted by molar-refractivity contribution is 5.44. The Morgan fingerprint density at radius 2 is 1.94 bits per heavy atom. The maximum atomic E-state index is 5.71. The fourth-order valence-corrected chi connectivity index (χ4v) is 1.86. The van der Waals surface area contributed by atoms with Crippen LogP contribution < -0.4 is 10.6 Å². The van der Waals surface area contributed by atoms with Gasteiger partial charge in [-0.1, -0.05) is 32.8 Å². The molecule has 0 aliphatic heterocycles. The average Bonchev–Trinajstić information content (AvgIpc) is 2.31. The summed E-state index contributed by atoms with van der Waals surface area (Å²) in [4.78, 5) is 6.67. The second kappa shape index (κ2) is 6.36. The molecule has 3 nitrogen and oxygen atoms in total. The van der Waals surface area contributed by atoms with Crippen LogP contribution in [-0.4, -0.2) is 18.1 Å². The molecule has 0 saturated heterocycles. The Kier molecular flexibility index (Phi) is 5.09. The number of nitrogens with zero attached hydrogens (tertiary/aromatic N) is 2. The largest absolute Gasteiger partial charge is 0.384 e. The van der Waals surface area contributed by atoms with E-state index in [0.717, 1.165) is 24.8 Å². The van der Waals surface area contributed by atoms with Gasteiger partial charge < -0.3 is 10.6 Å². The minimum Gasteiger partial charge on any atom is -0.384 e. The Morgan fingerprint density at radius 1 is 1.25 bits per heavy atom. The van der Waals surface area contributed by atoms with E-state index in [1.807, 2.05) is 18.2 Å². The molecular formula is C13H23N3. The first-order valence-electron chi connectivity index (χ1n) is 6.18. The number of hydrogen-bond donors (Lipinski definition) is 1. The summed E-state index contributed by atoms with van der Waals surface area (Å²) in [5.41, 5.74) is 5.71. The van der Waals surface area contributed by atoms with Gasteiger partial charge in [0.25, 0.3) is 0 Å². The molecule has 1 aromatic rings. The second-order valence-electron chi connectivity index (χ2n) is 4.14. The Bertz CT molecular complexity index is 308. The molecule has 0 atom stereocenters. The Morgan fingerprint density at radius 3 is 2.44 bits per heavy atom. The topological polar surface area (TPSA) is 42.1 Å². The summed E-state index contributed by atoms with van der Waals surface area (Å²) >= 11 is 0. The van der Waals surface area contributed by atoms with E-state index in [4.69, 9.17) is 5.73 Å². The van der Waals surface area contributed by atoms with E-state index in [0.29, 0.717) is 5.82 Å². The lowest BCUT2D eigenvalue weighted by Crippen LogP contribution is -2.29.